The van der Waals surface area contributed by atoms with Gasteiger partial charge in [-0.1, -0.05) is 6.07 Å². The summed E-state index contributed by atoms with van der Waals surface area (Å²) >= 11 is 0. The van der Waals surface area contributed by atoms with E-state index in [2.05, 4.69) is 0 Å². The van der Waals surface area contributed by atoms with Gasteiger partial charge in [0, 0.05) is 11.1 Å². The summed E-state index contributed by atoms with van der Waals surface area (Å²) in [5.41, 5.74) is -0.486. The highest BCUT2D eigenvalue weighted by molar-refractivity contribution is 6.06. The van der Waals surface area contributed by atoms with Crippen LogP contribution in [0.15, 0.2) is 42.5 Å². The quantitative estimate of drug-likeness (QED) is 0.469. The molecule has 0 aromatic heterocycles. The minimum atomic E-state index is -1.17. The topological polar surface area (TPSA) is 17.1 Å². The van der Waals surface area contributed by atoms with Crippen molar-refractivity contribution in [3.63, 3.8) is 0 Å². The van der Waals surface area contributed by atoms with E-state index in [1.807, 2.05) is 0 Å². The molecule has 1 nitrogen and oxygen atoms in total. The van der Waals surface area contributed by atoms with Gasteiger partial charge in [0.25, 0.3) is 0 Å². The molecule has 0 heterocycles. The van der Waals surface area contributed by atoms with Crippen molar-refractivity contribution in [2.45, 2.75) is 0 Å². The van der Waals surface area contributed by atoms with Crippen molar-refractivity contribution >= 4 is 11.9 Å². The summed E-state index contributed by atoms with van der Waals surface area (Å²) in [4.78, 5) is 11.7. The van der Waals surface area contributed by atoms with Gasteiger partial charge >= 0.3 is 0 Å². The highest BCUT2D eigenvalue weighted by Crippen LogP contribution is 2.15. The first-order chi connectivity index (χ1) is 9.49. The number of hydrogen-bond acceptors (Lipinski definition) is 1. The van der Waals surface area contributed by atoms with Crippen LogP contribution in [-0.2, 0) is 0 Å². The molecule has 0 radical (unpaired) electrons. The van der Waals surface area contributed by atoms with E-state index in [4.69, 9.17) is 0 Å². The first kappa shape index (κ1) is 14.0. The predicted octanol–water partition coefficient (Wildman–Crippen LogP) is 4.14. The van der Waals surface area contributed by atoms with E-state index < -0.39 is 29.1 Å². The summed E-state index contributed by atoms with van der Waals surface area (Å²) in [6.07, 6.45) is 1.85. The number of rotatable bonds is 3. The van der Waals surface area contributed by atoms with Gasteiger partial charge in [-0.05, 0) is 42.5 Å². The summed E-state index contributed by atoms with van der Waals surface area (Å²) in [5, 5.41) is 0. The van der Waals surface area contributed by atoms with Crippen molar-refractivity contribution in [2.75, 3.05) is 0 Å². The van der Waals surface area contributed by atoms with Crippen molar-refractivity contribution in [3.05, 3.63) is 76.9 Å². The third-order valence-corrected chi connectivity index (χ3v) is 2.61. The monoisotopic (exact) mass is 280 g/mol. The van der Waals surface area contributed by atoms with Crippen molar-refractivity contribution < 1.29 is 22.4 Å². The average Bonchev–Trinajstić information content (AvgIpc) is 2.41. The van der Waals surface area contributed by atoms with Crippen LogP contribution in [0.5, 0.6) is 0 Å². The number of carbonyl (C=O) groups is 1. The number of ketones is 1. The second kappa shape index (κ2) is 5.69. The van der Waals surface area contributed by atoms with Crippen LogP contribution in [0.1, 0.15) is 15.9 Å². The molecule has 0 spiro atoms. The molecule has 0 saturated heterocycles. The fraction of sp³-hybridized carbons (Fsp3) is 0. The summed E-state index contributed by atoms with van der Waals surface area (Å²) in [7, 11) is 0. The number of carbonyl (C=O) groups excluding carboxylic acids is 1. The van der Waals surface area contributed by atoms with Gasteiger partial charge in [-0.2, -0.15) is 0 Å². The summed E-state index contributed by atoms with van der Waals surface area (Å²) in [6, 6.07) is 5.90. The second-order valence-electron chi connectivity index (χ2n) is 3.96. The molecule has 0 bridgehead atoms. The maximum absolute atomic E-state index is 13.3. The Morgan fingerprint density at radius 1 is 0.850 bits per heavy atom. The summed E-state index contributed by atoms with van der Waals surface area (Å²) in [6.45, 7) is 0. The SMILES string of the molecule is O=C(/C=C/c1c(F)cccc1F)c1ccc(F)c(F)c1. The lowest BCUT2D eigenvalue weighted by atomic mass is 10.1. The zero-order valence-electron chi connectivity index (χ0n) is 10.0. The normalized spacial score (nSPS) is 11.0. The molecule has 0 saturated carbocycles. The Bertz CT molecular complexity index is 672. The van der Waals surface area contributed by atoms with Gasteiger partial charge in [-0.3, -0.25) is 4.79 Å². The maximum Gasteiger partial charge on any atom is 0.185 e. The molecule has 0 N–H and O–H groups in total. The lowest BCUT2D eigenvalue weighted by molar-refractivity contribution is 0.104. The highest BCUT2D eigenvalue weighted by Gasteiger charge is 2.09. The Morgan fingerprint density at radius 2 is 1.50 bits per heavy atom. The molecule has 2 aromatic rings. The third-order valence-electron chi connectivity index (χ3n) is 2.61. The van der Waals surface area contributed by atoms with Crippen LogP contribution in [0.25, 0.3) is 6.08 Å². The van der Waals surface area contributed by atoms with Gasteiger partial charge in [-0.25, -0.2) is 17.6 Å². The largest absolute Gasteiger partial charge is 0.289 e. The maximum atomic E-state index is 13.3. The van der Waals surface area contributed by atoms with E-state index in [1.54, 1.807) is 0 Å². The van der Waals surface area contributed by atoms with Gasteiger partial charge in [0.15, 0.2) is 17.4 Å². The molecule has 0 fully saturated rings. The van der Waals surface area contributed by atoms with Gasteiger partial charge in [0.05, 0.1) is 0 Å². The van der Waals surface area contributed by atoms with Crippen LogP contribution in [-0.4, -0.2) is 5.78 Å². The van der Waals surface area contributed by atoms with Gasteiger partial charge < -0.3 is 0 Å². The molecule has 102 valence electrons. The Balaban J connectivity index is 2.27. The zero-order valence-corrected chi connectivity index (χ0v) is 10.0. The Hall–Kier alpha value is -2.43. The van der Waals surface area contributed by atoms with E-state index in [0.29, 0.717) is 0 Å². The summed E-state index contributed by atoms with van der Waals surface area (Å²) < 4.78 is 52.3. The lowest BCUT2D eigenvalue weighted by Crippen LogP contribution is -1.97. The Labute approximate surface area is 112 Å². The number of halogens is 4. The molecule has 0 unspecified atom stereocenters. The first-order valence-corrected chi connectivity index (χ1v) is 5.60. The van der Waals surface area contributed by atoms with E-state index in [9.17, 15) is 22.4 Å². The van der Waals surface area contributed by atoms with Crippen molar-refractivity contribution in [2.24, 2.45) is 0 Å². The molecular weight excluding hydrogens is 272 g/mol. The standard InChI is InChI=1S/C15H8F4O/c16-11-2-1-3-12(17)10(11)5-7-15(20)9-4-6-13(18)14(19)8-9/h1-8H/b7-5+. The lowest BCUT2D eigenvalue weighted by Gasteiger charge is -1.99. The average molecular weight is 280 g/mol. The fourth-order valence-electron chi connectivity index (χ4n) is 1.57. The molecule has 0 aliphatic carbocycles. The highest BCUT2D eigenvalue weighted by atomic mass is 19.2. The van der Waals surface area contributed by atoms with Crippen LogP contribution >= 0.6 is 0 Å². The minimum absolute atomic E-state index is 0.114. The molecule has 2 aromatic carbocycles. The second-order valence-corrected chi connectivity index (χ2v) is 3.96. The van der Waals surface area contributed by atoms with E-state index in [0.717, 1.165) is 42.5 Å². The van der Waals surface area contributed by atoms with Gasteiger partial charge in [0.2, 0.25) is 0 Å². The van der Waals surface area contributed by atoms with Crippen LogP contribution in [0.3, 0.4) is 0 Å². The van der Waals surface area contributed by atoms with Crippen molar-refractivity contribution in [1.82, 2.24) is 0 Å². The molecule has 20 heavy (non-hydrogen) atoms. The number of benzene rings is 2. The Kier molecular flexibility index (Phi) is 3.98. The smallest absolute Gasteiger partial charge is 0.185 e. The number of allylic oxidation sites excluding steroid dienone is 1. The minimum Gasteiger partial charge on any atom is -0.289 e. The third kappa shape index (κ3) is 2.93. The first-order valence-electron chi connectivity index (χ1n) is 5.60. The zero-order chi connectivity index (χ0) is 14.7. The van der Waals surface area contributed by atoms with Crippen LogP contribution in [0.2, 0.25) is 0 Å². The molecule has 0 atom stereocenters. The van der Waals surface area contributed by atoms with Gasteiger partial charge in [0.1, 0.15) is 11.6 Å². The molecular formula is C15H8F4O. The van der Waals surface area contributed by atoms with Gasteiger partial charge in [-0.15, -0.1) is 0 Å². The molecule has 0 aliphatic rings. The molecule has 5 heteroatoms. The van der Waals surface area contributed by atoms with Crippen LogP contribution < -0.4 is 0 Å². The van der Waals surface area contributed by atoms with Crippen LogP contribution in [0.4, 0.5) is 17.6 Å². The van der Waals surface area contributed by atoms with Crippen molar-refractivity contribution in [1.29, 1.82) is 0 Å². The molecule has 0 amide bonds. The Morgan fingerprint density at radius 3 is 2.10 bits per heavy atom. The summed E-state index contributed by atoms with van der Waals surface area (Å²) in [5.74, 6) is -4.57. The molecule has 0 aliphatic heterocycles. The van der Waals surface area contributed by atoms with E-state index >= 15 is 0 Å². The van der Waals surface area contributed by atoms with Crippen LogP contribution in [0, 0.1) is 23.3 Å². The van der Waals surface area contributed by atoms with E-state index in [1.165, 1.54) is 6.07 Å². The van der Waals surface area contributed by atoms with Crippen molar-refractivity contribution in [3.8, 4) is 0 Å². The predicted molar refractivity (Wildman–Crippen MR) is 66.1 cm³/mol. The fourth-order valence-corrected chi connectivity index (χ4v) is 1.57. The number of hydrogen-bond donors (Lipinski definition) is 0. The van der Waals surface area contributed by atoms with E-state index in [-0.39, 0.29) is 11.1 Å². The molecule has 2 rings (SSSR count).